The molecular formula is C18H27FIN5O. The zero-order valence-electron chi connectivity index (χ0n) is 15.2. The van der Waals surface area contributed by atoms with Crippen LogP contribution in [0.25, 0.3) is 5.69 Å². The van der Waals surface area contributed by atoms with Crippen LogP contribution in [0.2, 0.25) is 0 Å². The molecule has 2 N–H and O–H groups in total. The van der Waals surface area contributed by atoms with E-state index in [0.29, 0.717) is 19.8 Å². The first-order valence-corrected chi connectivity index (χ1v) is 8.63. The smallest absolute Gasteiger partial charge is 0.191 e. The number of guanidine groups is 1. The Balaban J connectivity index is 0.00000338. The number of ether oxygens (including phenoxy) is 1. The fourth-order valence-corrected chi connectivity index (χ4v) is 2.25. The van der Waals surface area contributed by atoms with Gasteiger partial charge in [-0.3, -0.25) is 4.99 Å². The van der Waals surface area contributed by atoms with Crippen LogP contribution in [0.4, 0.5) is 4.39 Å². The monoisotopic (exact) mass is 475 g/mol. The first-order chi connectivity index (χ1) is 12.2. The lowest BCUT2D eigenvalue weighted by atomic mass is 10.3. The Morgan fingerprint density at radius 3 is 2.65 bits per heavy atom. The van der Waals surface area contributed by atoms with Gasteiger partial charge in [0.15, 0.2) is 5.96 Å². The molecule has 1 aromatic carbocycles. The highest BCUT2D eigenvalue weighted by Gasteiger charge is 2.03. The lowest BCUT2D eigenvalue weighted by Gasteiger charge is -2.10. The Hall–Kier alpha value is -1.68. The molecule has 0 atom stereocenters. The third kappa shape index (κ3) is 7.69. The average molecular weight is 475 g/mol. The Labute approximate surface area is 171 Å². The molecule has 0 fully saturated rings. The summed E-state index contributed by atoms with van der Waals surface area (Å²) in [6.07, 6.45) is 2.65. The quantitative estimate of drug-likeness (QED) is 0.254. The van der Waals surface area contributed by atoms with E-state index < -0.39 is 0 Å². The average Bonchev–Trinajstić information content (AvgIpc) is 3.08. The summed E-state index contributed by atoms with van der Waals surface area (Å²) in [6.45, 7) is 7.48. The van der Waals surface area contributed by atoms with Gasteiger partial charge in [-0.1, -0.05) is 0 Å². The molecule has 0 saturated carbocycles. The van der Waals surface area contributed by atoms with Gasteiger partial charge in [-0.05, 0) is 44.2 Å². The Morgan fingerprint density at radius 1 is 1.19 bits per heavy atom. The molecule has 0 radical (unpaired) electrons. The zero-order valence-corrected chi connectivity index (χ0v) is 17.6. The maximum atomic E-state index is 13.0. The van der Waals surface area contributed by atoms with Gasteiger partial charge in [0.2, 0.25) is 0 Å². The number of hydrogen-bond donors (Lipinski definition) is 2. The maximum absolute atomic E-state index is 13.0. The van der Waals surface area contributed by atoms with Crippen molar-refractivity contribution in [3.8, 4) is 5.69 Å². The SMILES string of the molecule is CCNC(=NCCOCC)NCCc1ccn(-c2ccc(F)cc2)n1.I. The molecule has 26 heavy (non-hydrogen) atoms. The van der Waals surface area contributed by atoms with Crippen molar-refractivity contribution >= 4 is 29.9 Å². The molecule has 1 aromatic heterocycles. The summed E-state index contributed by atoms with van der Waals surface area (Å²) < 4.78 is 20.0. The predicted molar refractivity (Wildman–Crippen MR) is 113 cm³/mol. The molecule has 0 bridgehead atoms. The van der Waals surface area contributed by atoms with Gasteiger partial charge in [-0.2, -0.15) is 5.10 Å². The second-order valence-electron chi connectivity index (χ2n) is 5.36. The minimum Gasteiger partial charge on any atom is -0.380 e. The van der Waals surface area contributed by atoms with Gasteiger partial charge in [-0.15, -0.1) is 24.0 Å². The normalized spacial score (nSPS) is 11.1. The second-order valence-corrected chi connectivity index (χ2v) is 5.36. The van der Waals surface area contributed by atoms with E-state index in [4.69, 9.17) is 4.74 Å². The fourth-order valence-electron chi connectivity index (χ4n) is 2.25. The summed E-state index contributed by atoms with van der Waals surface area (Å²) in [5, 5.41) is 11.0. The van der Waals surface area contributed by atoms with Crippen molar-refractivity contribution in [1.29, 1.82) is 0 Å². The highest BCUT2D eigenvalue weighted by atomic mass is 127. The third-order valence-corrected chi connectivity index (χ3v) is 3.46. The molecule has 0 aliphatic heterocycles. The molecular weight excluding hydrogens is 448 g/mol. The molecule has 0 unspecified atom stereocenters. The van der Waals surface area contributed by atoms with Crippen LogP contribution in [0, 0.1) is 5.82 Å². The Bertz CT molecular complexity index is 660. The first kappa shape index (κ1) is 22.4. The topological polar surface area (TPSA) is 63.5 Å². The zero-order chi connectivity index (χ0) is 17.9. The van der Waals surface area contributed by atoms with E-state index in [-0.39, 0.29) is 29.8 Å². The Morgan fingerprint density at radius 2 is 1.96 bits per heavy atom. The molecule has 2 rings (SSSR count). The van der Waals surface area contributed by atoms with Crippen molar-refractivity contribution in [3.05, 3.63) is 48.0 Å². The second kappa shape index (κ2) is 12.6. The number of halogens is 2. The van der Waals surface area contributed by atoms with Crippen LogP contribution in [-0.2, 0) is 11.2 Å². The number of aromatic nitrogens is 2. The van der Waals surface area contributed by atoms with Crippen molar-refractivity contribution < 1.29 is 9.13 Å². The van der Waals surface area contributed by atoms with Crippen molar-refractivity contribution in [2.45, 2.75) is 20.3 Å². The van der Waals surface area contributed by atoms with Crippen LogP contribution in [0.1, 0.15) is 19.5 Å². The summed E-state index contributed by atoms with van der Waals surface area (Å²) in [5.74, 6) is 0.528. The summed E-state index contributed by atoms with van der Waals surface area (Å²) in [6, 6.07) is 8.24. The number of nitrogens with one attached hydrogen (secondary N) is 2. The van der Waals surface area contributed by atoms with Gasteiger partial charge in [0.25, 0.3) is 0 Å². The van der Waals surface area contributed by atoms with Crippen LogP contribution in [0.5, 0.6) is 0 Å². The van der Waals surface area contributed by atoms with Crippen LogP contribution in [-0.4, -0.2) is 48.6 Å². The first-order valence-electron chi connectivity index (χ1n) is 8.63. The molecule has 0 amide bonds. The van der Waals surface area contributed by atoms with E-state index in [2.05, 4.69) is 20.7 Å². The molecule has 2 aromatic rings. The van der Waals surface area contributed by atoms with E-state index >= 15 is 0 Å². The van der Waals surface area contributed by atoms with E-state index in [9.17, 15) is 4.39 Å². The van der Waals surface area contributed by atoms with Gasteiger partial charge in [-0.25, -0.2) is 9.07 Å². The van der Waals surface area contributed by atoms with Crippen molar-refractivity contribution in [2.75, 3.05) is 32.8 Å². The molecule has 0 spiro atoms. The van der Waals surface area contributed by atoms with Crippen LogP contribution in [0.15, 0.2) is 41.5 Å². The standard InChI is InChI=1S/C18H26FN5O.HI/c1-3-20-18(22-12-14-25-4-2)21-11-9-16-10-13-24(23-16)17-7-5-15(19)6-8-17;/h5-8,10,13H,3-4,9,11-12,14H2,1-2H3,(H2,20,21,22);1H. The lowest BCUT2D eigenvalue weighted by molar-refractivity contribution is 0.155. The van der Waals surface area contributed by atoms with Crippen LogP contribution < -0.4 is 10.6 Å². The number of nitrogens with zero attached hydrogens (tertiary/aromatic N) is 3. The summed E-state index contributed by atoms with van der Waals surface area (Å²) in [4.78, 5) is 4.45. The van der Waals surface area contributed by atoms with E-state index in [0.717, 1.165) is 36.9 Å². The van der Waals surface area contributed by atoms with Gasteiger partial charge >= 0.3 is 0 Å². The molecule has 144 valence electrons. The maximum Gasteiger partial charge on any atom is 0.191 e. The van der Waals surface area contributed by atoms with E-state index in [1.54, 1.807) is 16.8 Å². The van der Waals surface area contributed by atoms with Gasteiger partial charge < -0.3 is 15.4 Å². The molecule has 0 aliphatic rings. The minimum absolute atomic E-state index is 0. The molecule has 6 nitrogen and oxygen atoms in total. The van der Waals surface area contributed by atoms with E-state index in [1.807, 2.05) is 26.1 Å². The molecule has 0 saturated heterocycles. The van der Waals surface area contributed by atoms with Crippen molar-refractivity contribution in [3.63, 3.8) is 0 Å². The highest BCUT2D eigenvalue weighted by molar-refractivity contribution is 14.0. The van der Waals surface area contributed by atoms with Crippen molar-refractivity contribution in [1.82, 2.24) is 20.4 Å². The third-order valence-electron chi connectivity index (χ3n) is 3.46. The number of rotatable bonds is 9. The molecule has 0 aliphatic carbocycles. The summed E-state index contributed by atoms with van der Waals surface area (Å²) in [5.41, 5.74) is 1.80. The minimum atomic E-state index is -0.250. The fraction of sp³-hybridized carbons (Fsp3) is 0.444. The van der Waals surface area contributed by atoms with Crippen LogP contribution >= 0.6 is 24.0 Å². The van der Waals surface area contributed by atoms with Crippen molar-refractivity contribution in [2.24, 2.45) is 4.99 Å². The summed E-state index contributed by atoms with van der Waals surface area (Å²) in [7, 11) is 0. The van der Waals surface area contributed by atoms with Gasteiger partial charge in [0.05, 0.1) is 24.5 Å². The lowest BCUT2D eigenvalue weighted by Crippen LogP contribution is -2.38. The molecule has 1 heterocycles. The van der Waals surface area contributed by atoms with Crippen LogP contribution in [0.3, 0.4) is 0 Å². The number of hydrogen-bond acceptors (Lipinski definition) is 3. The summed E-state index contributed by atoms with van der Waals surface area (Å²) >= 11 is 0. The van der Waals surface area contributed by atoms with E-state index in [1.165, 1.54) is 12.1 Å². The Kier molecular flexibility index (Phi) is 10.9. The number of aliphatic imine (C=N–C) groups is 1. The predicted octanol–water partition coefficient (Wildman–Crippen LogP) is 2.76. The molecule has 8 heteroatoms. The van der Waals surface area contributed by atoms with Gasteiger partial charge in [0, 0.05) is 32.3 Å². The highest BCUT2D eigenvalue weighted by Crippen LogP contribution is 2.09. The number of benzene rings is 1. The van der Waals surface area contributed by atoms with Gasteiger partial charge in [0.1, 0.15) is 5.82 Å². The largest absolute Gasteiger partial charge is 0.380 e.